The fraction of sp³-hybridized carbons (Fsp3) is 0. The zero-order valence-corrected chi connectivity index (χ0v) is 26.4. The number of fused-ring (bicyclic) bond motifs is 3. The zero-order valence-electron chi connectivity index (χ0n) is 26.4. The average molecular weight is 632 g/mol. The molecule has 9 aromatic rings. The molecule has 3 heterocycles. The molecule has 7 nitrogen and oxygen atoms in total. The Kier molecular flexibility index (Phi) is 6.98. The van der Waals surface area contributed by atoms with E-state index in [1.165, 1.54) is 21.8 Å². The molecule has 0 N–H and O–H groups in total. The maximum atomic E-state index is 4.64. The molecule has 0 aliphatic rings. The van der Waals surface area contributed by atoms with E-state index >= 15 is 0 Å². The predicted octanol–water partition coefficient (Wildman–Crippen LogP) is 9.96. The molecular formula is C42H29N7. The molecule has 0 aliphatic carbocycles. The number of aromatic nitrogens is 6. The van der Waals surface area contributed by atoms with Gasteiger partial charge in [0.15, 0.2) is 17.5 Å². The molecule has 0 saturated heterocycles. The van der Waals surface area contributed by atoms with Crippen molar-refractivity contribution in [3.63, 3.8) is 0 Å². The Balaban J connectivity index is 1.12. The molecule has 9 rings (SSSR count). The van der Waals surface area contributed by atoms with Crippen LogP contribution in [-0.4, -0.2) is 29.3 Å². The number of rotatable bonds is 7. The van der Waals surface area contributed by atoms with E-state index in [0.717, 1.165) is 33.9 Å². The van der Waals surface area contributed by atoms with Crippen LogP contribution in [0.4, 0.5) is 17.1 Å². The highest BCUT2D eigenvalue weighted by molar-refractivity contribution is 6.09. The van der Waals surface area contributed by atoms with Gasteiger partial charge < -0.3 is 9.47 Å². The Hall–Kier alpha value is -6.86. The lowest BCUT2D eigenvalue weighted by atomic mass is 10.1. The molecule has 0 bridgehead atoms. The van der Waals surface area contributed by atoms with Gasteiger partial charge in [-0.15, -0.1) is 10.2 Å². The molecule has 7 heteroatoms. The largest absolute Gasteiger partial charge is 0.311 e. The van der Waals surface area contributed by atoms with E-state index in [4.69, 9.17) is 0 Å². The Morgan fingerprint density at radius 2 is 0.939 bits per heavy atom. The molecule has 49 heavy (non-hydrogen) atoms. The van der Waals surface area contributed by atoms with Crippen LogP contribution >= 0.6 is 0 Å². The van der Waals surface area contributed by atoms with Gasteiger partial charge in [-0.25, -0.2) is 4.98 Å². The Labute approximate surface area is 283 Å². The molecule has 0 saturated carbocycles. The van der Waals surface area contributed by atoms with Crippen molar-refractivity contribution < 1.29 is 0 Å². The van der Waals surface area contributed by atoms with Crippen LogP contribution < -0.4 is 4.90 Å². The Bertz CT molecular complexity index is 2470. The summed E-state index contributed by atoms with van der Waals surface area (Å²) < 4.78 is 4.30. The summed E-state index contributed by atoms with van der Waals surface area (Å²) >= 11 is 0. The minimum absolute atomic E-state index is 0.652. The third kappa shape index (κ3) is 5.01. The van der Waals surface area contributed by atoms with Crippen molar-refractivity contribution >= 4 is 38.9 Å². The first-order chi connectivity index (χ1) is 24.3. The second-order valence-corrected chi connectivity index (χ2v) is 11.7. The first kappa shape index (κ1) is 28.4. The highest BCUT2D eigenvalue weighted by Gasteiger charge is 2.20. The van der Waals surface area contributed by atoms with Crippen molar-refractivity contribution in [2.45, 2.75) is 0 Å². The van der Waals surface area contributed by atoms with Gasteiger partial charge in [-0.1, -0.05) is 84.9 Å². The number of benzene rings is 6. The van der Waals surface area contributed by atoms with E-state index in [2.05, 4.69) is 151 Å². The van der Waals surface area contributed by atoms with Gasteiger partial charge in [0.1, 0.15) is 0 Å². The van der Waals surface area contributed by atoms with Crippen molar-refractivity contribution in [3.8, 4) is 34.3 Å². The van der Waals surface area contributed by atoms with Crippen LogP contribution in [0, 0.1) is 0 Å². The average Bonchev–Trinajstić information content (AvgIpc) is 3.77. The summed E-state index contributed by atoms with van der Waals surface area (Å²) in [6.45, 7) is 0. The van der Waals surface area contributed by atoms with Crippen LogP contribution in [0.15, 0.2) is 176 Å². The summed E-state index contributed by atoms with van der Waals surface area (Å²) in [5.74, 6) is 2.04. The van der Waals surface area contributed by atoms with E-state index in [1.54, 1.807) is 18.6 Å². The van der Waals surface area contributed by atoms with Gasteiger partial charge in [0.2, 0.25) is 0 Å². The van der Waals surface area contributed by atoms with Gasteiger partial charge >= 0.3 is 0 Å². The molecule has 232 valence electrons. The van der Waals surface area contributed by atoms with Crippen LogP contribution in [0.25, 0.3) is 56.1 Å². The number of anilines is 3. The lowest BCUT2D eigenvalue weighted by Crippen LogP contribution is -2.10. The summed E-state index contributed by atoms with van der Waals surface area (Å²) in [6, 6.07) is 54.9. The van der Waals surface area contributed by atoms with Crippen LogP contribution in [0.1, 0.15) is 0 Å². The fourth-order valence-electron chi connectivity index (χ4n) is 6.60. The molecule has 0 radical (unpaired) electrons. The lowest BCUT2D eigenvalue weighted by molar-refractivity contribution is 0.982. The first-order valence-corrected chi connectivity index (χ1v) is 16.1. The van der Waals surface area contributed by atoms with E-state index in [1.807, 2.05) is 41.0 Å². The third-order valence-electron chi connectivity index (χ3n) is 8.82. The number of nitrogens with zero attached hydrogens (tertiary/aromatic N) is 7. The van der Waals surface area contributed by atoms with Crippen molar-refractivity contribution in [2.75, 3.05) is 4.90 Å². The second kappa shape index (κ2) is 12.1. The maximum absolute atomic E-state index is 4.64. The van der Waals surface area contributed by atoms with Crippen LogP contribution in [-0.2, 0) is 0 Å². The third-order valence-corrected chi connectivity index (χ3v) is 8.82. The van der Waals surface area contributed by atoms with Crippen molar-refractivity contribution in [1.82, 2.24) is 29.3 Å². The van der Waals surface area contributed by atoms with E-state index in [0.29, 0.717) is 17.5 Å². The summed E-state index contributed by atoms with van der Waals surface area (Å²) in [5.41, 5.74) is 8.50. The van der Waals surface area contributed by atoms with Gasteiger partial charge in [0.25, 0.3) is 0 Å². The van der Waals surface area contributed by atoms with Crippen LogP contribution in [0.2, 0.25) is 0 Å². The monoisotopic (exact) mass is 631 g/mol. The Morgan fingerprint density at radius 3 is 1.53 bits per heavy atom. The molecule has 0 unspecified atom stereocenters. The minimum atomic E-state index is 0.652. The van der Waals surface area contributed by atoms with Gasteiger partial charge in [-0.2, -0.15) is 0 Å². The first-order valence-electron chi connectivity index (χ1n) is 16.1. The van der Waals surface area contributed by atoms with Crippen LogP contribution in [0.5, 0.6) is 0 Å². The molecular weight excluding hydrogens is 603 g/mol. The molecule has 0 amide bonds. The predicted molar refractivity (Wildman–Crippen MR) is 197 cm³/mol. The summed E-state index contributed by atoms with van der Waals surface area (Å²) in [6.07, 6.45) is 5.08. The van der Waals surface area contributed by atoms with Gasteiger partial charge in [0.05, 0.1) is 17.2 Å². The fourth-order valence-corrected chi connectivity index (χ4v) is 6.60. The van der Waals surface area contributed by atoms with Crippen molar-refractivity contribution in [2.24, 2.45) is 0 Å². The number of hydrogen-bond donors (Lipinski definition) is 0. The van der Waals surface area contributed by atoms with Crippen molar-refractivity contribution in [3.05, 3.63) is 176 Å². The minimum Gasteiger partial charge on any atom is -0.311 e. The molecule has 0 atom stereocenters. The smallest absolute Gasteiger partial charge is 0.170 e. The SMILES string of the molecule is c1ccc(-c2nnc(-c3ccc(N(c4ccccc4)c4ccc(-n5c6ccccc6c6ccccc65)cc4)cc3)n2-c2cnccn2)cc1. The summed E-state index contributed by atoms with van der Waals surface area (Å²) in [4.78, 5) is 11.2. The van der Waals surface area contributed by atoms with E-state index in [9.17, 15) is 0 Å². The van der Waals surface area contributed by atoms with Gasteiger partial charge in [-0.05, 0) is 72.8 Å². The quantitative estimate of drug-likeness (QED) is 0.175. The highest BCUT2D eigenvalue weighted by atomic mass is 15.3. The van der Waals surface area contributed by atoms with Crippen LogP contribution in [0.3, 0.4) is 0 Å². The van der Waals surface area contributed by atoms with Gasteiger partial charge in [-0.3, -0.25) is 9.55 Å². The normalized spacial score (nSPS) is 11.3. The molecule has 6 aromatic carbocycles. The standard InChI is InChI=1S/C42H29N7/c1-3-11-30(12-4-1)41-45-46-42(49(41)40-29-43-27-28-44-40)31-19-21-33(22-20-31)47(32-13-5-2-6-14-32)34-23-25-35(26-24-34)48-38-17-9-7-15-36(38)37-16-8-10-18-39(37)48/h1-29H. The highest BCUT2D eigenvalue weighted by Crippen LogP contribution is 2.38. The van der Waals surface area contributed by atoms with Crippen molar-refractivity contribution in [1.29, 1.82) is 0 Å². The molecule has 0 fully saturated rings. The maximum Gasteiger partial charge on any atom is 0.170 e. The second-order valence-electron chi connectivity index (χ2n) is 11.7. The summed E-state index contributed by atoms with van der Waals surface area (Å²) in [7, 11) is 0. The Morgan fingerprint density at radius 1 is 0.429 bits per heavy atom. The summed E-state index contributed by atoms with van der Waals surface area (Å²) in [5, 5.41) is 11.7. The molecule has 0 spiro atoms. The zero-order chi connectivity index (χ0) is 32.6. The number of hydrogen-bond acceptors (Lipinski definition) is 5. The molecule has 3 aromatic heterocycles. The lowest BCUT2D eigenvalue weighted by Gasteiger charge is -2.26. The van der Waals surface area contributed by atoms with E-state index < -0.39 is 0 Å². The topological polar surface area (TPSA) is 64.7 Å². The van der Waals surface area contributed by atoms with Gasteiger partial charge in [0, 0.05) is 57.0 Å². The number of para-hydroxylation sites is 3. The molecule has 0 aliphatic heterocycles. The van der Waals surface area contributed by atoms with E-state index in [-0.39, 0.29) is 0 Å².